The van der Waals surface area contributed by atoms with Crippen molar-refractivity contribution in [2.45, 2.75) is 44.8 Å². The van der Waals surface area contributed by atoms with Crippen molar-refractivity contribution in [3.63, 3.8) is 0 Å². The Morgan fingerprint density at radius 2 is 2.31 bits per heavy atom. The maximum absolute atomic E-state index is 11.9. The molecular weight excluding hydrogens is 204 g/mol. The van der Waals surface area contributed by atoms with Gasteiger partial charge in [-0.1, -0.05) is 0 Å². The summed E-state index contributed by atoms with van der Waals surface area (Å²) in [6.07, 6.45) is 5.58. The summed E-state index contributed by atoms with van der Waals surface area (Å²) in [6, 6.07) is 0.0278. The molecule has 1 aliphatic carbocycles. The number of hydrogen-bond acceptors (Lipinski definition) is 3. The van der Waals surface area contributed by atoms with Gasteiger partial charge in [-0.3, -0.25) is 4.79 Å². The van der Waals surface area contributed by atoms with Crippen LogP contribution in [0.3, 0.4) is 0 Å². The molecule has 2 atom stereocenters. The number of carbonyl (C=O) groups excluding carboxylic acids is 1. The van der Waals surface area contributed by atoms with Crippen LogP contribution < -0.4 is 11.1 Å². The second-order valence-corrected chi connectivity index (χ2v) is 4.47. The van der Waals surface area contributed by atoms with Gasteiger partial charge in [0.2, 0.25) is 5.91 Å². The lowest BCUT2D eigenvalue weighted by Crippen LogP contribution is -2.33. The van der Waals surface area contributed by atoms with Crippen LogP contribution in [-0.2, 0) is 4.79 Å². The standard InChI is InChI=1S/C11H18N4O/c1-7(12)10-5-13-6-15(10)8(2)11(16)14-9-3-4-9/h5-9H,3-4,12H2,1-2H3,(H,14,16)/t7-,8?/m1/s1. The number of amides is 1. The highest BCUT2D eigenvalue weighted by atomic mass is 16.2. The maximum atomic E-state index is 11.9. The van der Waals surface area contributed by atoms with Crippen LogP contribution >= 0.6 is 0 Å². The Kier molecular flexibility index (Phi) is 2.96. The van der Waals surface area contributed by atoms with Gasteiger partial charge in [0.1, 0.15) is 6.04 Å². The number of nitrogens with two attached hydrogens (primary N) is 1. The smallest absolute Gasteiger partial charge is 0.243 e. The van der Waals surface area contributed by atoms with E-state index < -0.39 is 0 Å². The Bertz CT molecular complexity index is 381. The molecule has 1 fully saturated rings. The number of carbonyl (C=O) groups is 1. The fourth-order valence-electron chi connectivity index (χ4n) is 1.67. The van der Waals surface area contributed by atoms with Gasteiger partial charge < -0.3 is 15.6 Å². The molecule has 1 unspecified atom stereocenters. The fourth-order valence-corrected chi connectivity index (χ4v) is 1.67. The molecular formula is C11H18N4O. The van der Waals surface area contributed by atoms with Crippen LogP contribution in [0.5, 0.6) is 0 Å². The Hall–Kier alpha value is -1.36. The Balaban J connectivity index is 2.09. The van der Waals surface area contributed by atoms with Gasteiger partial charge in [-0.2, -0.15) is 0 Å². The predicted molar refractivity (Wildman–Crippen MR) is 60.7 cm³/mol. The molecule has 2 rings (SSSR count). The summed E-state index contributed by atoms with van der Waals surface area (Å²) in [5.41, 5.74) is 6.71. The van der Waals surface area contributed by atoms with Gasteiger partial charge in [-0.05, 0) is 26.7 Å². The maximum Gasteiger partial charge on any atom is 0.243 e. The first kappa shape index (κ1) is 11.1. The quantitative estimate of drug-likeness (QED) is 0.789. The average molecular weight is 222 g/mol. The number of rotatable bonds is 4. The molecule has 5 heteroatoms. The van der Waals surface area contributed by atoms with Crippen molar-refractivity contribution in [2.75, 3.05) is 0 Å². The van der Waals surface area contributed by atoms with E-state index >= 15 is 0 Å². The van der Waals surface area contributed by atoms with E-state index in [1.807, 2.05) is 18.4 Å². The summed E-state index contributed by atoms with van der Waals surface area (Å²) in [6.45, 7) is 3.75. The molecule has 16 heavy (non-hydrogen) atoms. The highest BCUT2D eigenvalue weighted by molar-refractivity contribution is 5.80. The van der Waals surface area contributed by atoms with Gasteiger partial charge in [0, 0.05) is 18.3 Å². The lowest BCUT2D eigenvalue weighted by Gasteiger charge is -2.17. The molecule has 0 radical (unpaired) electrons. The van der Waals surface area contributed by atoms with E-state index in [4.69, 9.17) is 5.73 Å². The Labute approximate surface area is 95.0 Å². The molecule has 3 N–H and O–H groups in total. The summed E-state index contributed by atoms with van der Waals surface area (Å²) < 4.78 is 1.84. The lowest BCUT2D eigenvalue weighted by molar-refractivity contribution is -0.124. The number of nitrogens with one attached hydrogen (secondary N) is 1. The van der Waals surface area contributed by atoms with Crippen molar-refractivity contribution in [3.05, 3.63) is 18.2 Å². The van der Waals surface area contributed by atoms with Crippen molar-refractivity contribution in [3.8, 4) is 0 Å². The van der Waals surface area contributed by atoms with Crippen molar-refractivity contribution in [2.24, 2.45) is 5.73 Å². The van der Waals surface area contributed by atoms with Crippen LogP contribution in [0, 0.1) is 0 Å². The van der Waals surface area contributed by atoms with Crippen LogP contribution in [0.2, 0.25) is 0 Å². The zero-order chi connectivity index (χ0) is 11.7. The molecule has 0 bridgehead atoms. The molecule has 0 aromatic carbocycles. The molecule has 5 nitrogen and oxygen atoms in total. The first-order valence-electron chi connectivity index (χ1n) is 5.67. The second-order valence-electron chi connectivity index (χ2n) is 4.47. The fraction of sp³-hybridized carbons (Fsp3) is 0.636. The molecule has 1 saturated carbocycles. The van der Waals surface area contributed by atoms with Gasteiger partial charge in [0.15, 0.2) is 0 Å². The number of hydrogen-bond donors (Lipinski definition) is 2. The van der Waals surface area contributed by atoms with Gasteiger partial charge >= 0.3 is 0 Å². The topological polar surface area (TPSA) is 72.9 Å². The van der Waals surface area contributed by atoms with Gasteiger partial charge in [0.05, 0.1) is 12.0 Å². The monoisotopic (exact) mass is 222 g/mol. The third-order valence-corrected chi connectivity index (χ3v) is 2.88. The summed E-state index contributed by atoms with van der Waals surface area (Å²) >= 11 is 0. The highest BCUT2D eigenvalue weighted by Crippen LogP contribution is 2.21. The highest BCUT2D eigenvalue weighted by Gasteiger charge is 2.27. The molecule has 1 aliphatic rings. The minimum Gasteiger partial charge on any atom is -0.352 e. The molecule has 0 saturated heterocycles. The van der Waals surface area contributed by atoms with Crippen molar-refractivity contribution >= 4 is 5.91 Å². The molecule has 1 aromatic heterocycles. The minimum absolute atomic E-state index is 0.0439. The largest absolute Gasteiger partial charge is 0.352 e. The summed E-state index contributed by atoms with van der Waals surface area (Å²) in [5.74, 6) is 0.0439. The molecule has 1 heterocycles. The predicted octanol–water partition coefficient (Wildman–Crippen LogP) is 0.742. The van der Waals surface area contributed by atoms with Gasteiger partial charge in [-0.25, -0.2) is 4.98 Å². The van der Waals surface area contributed by atoms with Gasteiger partial charge in [-0.15, -0.1) is 0 Å². The summed E-state index contributed by atoms with van der Waals surface area (Å²) in [7, 11) is 0. The number of nitrogens with zero attached hydrogens (tertiary/aromatic N) is 2. The normalized spacial score (nSPS) is 19.2. The van der Waals surface area contributed by atoms with Crippen LogP contribution in [0.1, 0.15) is 44.5 Å². The summed E-state index contributed by atoms with van der Waals surface area (Å²) in [5, 5.41) is 2.98. The van der Waals surface area contributed by atoms with Crippen molar-refractivity contribution < 1.29 is 4.79 Å². The van der Waals surface area contributed by atoms with E-state index in [2.05, 4.69) is 10.3 Å². The zero-order valence-corrected chi connectivity index (χ0v) is 9.68. The Morgan fingerprint density at radius 1 is 1.62 bits per heavy atom. The van der Waals surface area contributed by atoms with Crippen LogP contribution in [-0.4, -0.2) is 21.5 Å². The Morgan fingerprint density at radius 3 is 2.88 bits per heavy atom. The van der Waals surface area contributed by atoms with E-state index in [1.165, 1.54) is 0 Å². The first-order valence-corrected chi connectivity index (χ1v) is 5.67. The number of imidazole rings is 1. The lowest BCUT2D eigenvalue weighted by atomic mass is 10.2. The minimum atomic E-state index is -0.246. The molecule has 1 amide bonds. The van der Waals surface area contributed by atoms with Gasteiger partial charge in [0.25, 0.3) is 0 Å². The number of aromatic nitrogens is 2. The molecule has 0 aliphatic heterocycles. The van der Waals surface area contributed by atoms with Crippen molar-refractivity contribution in [1.82, 2.24) is 14.9 Å². The third kappa shape index (κ3) is 2.24. The van der Waals surface area contributed by atoms with Crippen LogP contribution in [0.4, 0.5) is 0 Å². The van der Waals surface area contributed by atoms with E-state index in [-0.39, 0.29) is 18.0 Å². The van der Waals surface area contributed by atoms with Crippen LogP contribution in [0.25, 0.3) is 0 Å². The first-order chi connectivity index (χ1) is 7.59. The zero-order valence-electron chi connectivity index (χ0n) is 9.68. The molecule has 1 aromatic rings. The van der Waals surface area contributed by atoms with Crippen LogP contribution in [0.15, 0.2) is 12.5 Å². The van der Waals surface area contributed by atoms with Crippen molar-refractivity contribution in [1.29, 1.82) is 0 Å². The van der Waals surface area contributed by atoms with E-state index in [0.717, 1.165) is 18.5 Å². The second kappa shape index (κ2) is 4.25. The SMILES string of the molecule is CC(C(=O)NC1CC1)n1cncc1[C@@H](C)N. The molecule has 88 valence electrons. The average Bonchev–Trinajstić information content (AvgIpc) is 2.91. The van der Waals surface area contributed by atoms with E-state index in [9.17, 15) is 4.79 Å². The third-order valence-electron chi connectivity index (χ3n) is 2.88. The molecule has 0 spiro atoms. The summed E-state index contributed by atoms with van der Waals surface area (Å²) in [4.78, 5) is 15.9. The van der Waals surface area contributed by atoms with E-state index in [1.54, 1.807) is 12.5 Å². The van der Waals surface area contributed by atoms with E-state index in [0.29, 0.717) is 6.04 Å².